The van der Waals surface area contributed by atoms with Crippen molar-refractivity contribution in [2.45, 2.75) is 0 Å². The molecule has 9 heteroatoms. The van der Waals surface area contributed by atoms with Crippen LogP contribution >= 0.6 is 59.1 Å². The van der Waals surface area contributed by atoms with Gasteiger partial charge in [0.15, 0.2) is 17.3 Å². The van der Waals surface area contributed by atoms with E-state index in [0.29, 0.717) is 39.0 Å². The summed E-state index contributed by atoms with van der Waals surface area (Å²) in [7, 11) is 0. The first-order valence-electron chi connectivity index (χ1n) is 27.0. The molecule has 3 heterocycles. The van der Waals surface area contributed by atoms with E-state index < -0.39 is 0 Å². The first-order valence-corrected chi connectivity index (χ1v) is 30.2. The second-order valence-corrected chi connectivity index (χ2v) is 23.9. The van der Waals surface area contributed by atoms with Gasteiger partial charge in [-0.25, -0.2) is 0 Å². The van der Waals surface area contributed by atoms with Crippen molar-refractivity contribution in [3.8, 4) is 33.4 Å². The normalized spacial score (nSPS) is 11.2. The van der Waals surface area contributed by atoms with E-state index in [4.69, 9.17) is 8.83 Å². The molecule has 12 aromatic carbocycles. The van der Waals surface area contributed by atoms with Crippen LogP contribution in [-0.4, -0.2) is 17.3 Å². The van der Waals surface area contributed by atoms with Crippen LogP contribution in [0.3, 0.4) is 0 Å². The van der Waals surface area contributed by atoms with Gasteiger partial charge in [-0.2, -0.15) is 0 Å². The summed E-state index contributed by atoms with van der Waals surface area (Å²) < 4.78 is 17.6. The summed E-state index contributed by atoms with van der Waals surface area (Å²) in [6.45, 7) is 0. The lowest BCUT2D eigenvalue weighted by Crippen LogP contribution is -2.01. The SMILES string of the molecule is O=C(c1ccc(-c2cccc(Br)c2)cc1)c1cccc2c1oc1ccccc12.O=C(c1ccc(-c2cccc3c2sc2ccccc23)cc1)c1cccc(Br)c1.O=C(c1ccc(Br)cc1)c1cccc(-c2cccc3c2oc2ccccc23)c1. The lowest BCUT2D eigenvalue weighted by Gasteiger charge is -2.06. The van der Waals surface area contributed by atoms with Crippen molar-refractivity contribution in [3.05, 3.63) is 320 Å². The van der Waals surface area contributed by atoms with Crippen LogP contribution in [0.25, 0.3) is 97.4 Å². The number of para-hydroxylation sites is 4. The molecule has 15 aromatic rings. The lowest BCUT2D eigenvalue weighted by atomic mass is 9.97. The van der Waals surface area contributed by atoms with E-state index in [1.165, 1.54) is 25.7 Å². The van der Waals surface area contributed by atoms with Crippen LogP contribution in [0, 0.1) is 0 Å². The summed E-state index contributed by atoms with van der Waals surface area (Å²) in [5.74, 6) is 0.00417. The zero-order chi connectivity index (χ0) is 57.3. The standard InChI is InChI=1S/2C25H15BrO2.C25H15BrOS/c26-19-6-3-5-18(15-19)16-11-13-17(14-12-16)24(27)22-9-4-8-21-20-7-1-2-10-23(20)28-25(21)22;26-19-13-11-16(12-14-19)24(27)18-6-3-5-17(15-18)20-8-4-9-22-21-7-1-2-10-23(21)28-25(20)22;26-19-6-3-5-18(15-19)24(27)17-13-11-16(12-14-17)20-8-4-9-22-21-7-1-2-10-23(21)28-25(20)22/h3*1-15H. The molecule has 3 aromatic heterocycles. The quantitative estimate of drug-likeness (QED) is 0.135. The topological polar surface area (TPSA) is 77.5 Å². The molecule has 0 atom stereocenters. The van der Waals surface area contributed by atoms with Gasteiger partial charge >= 0.3 is 0 Å². The van der Waals surface area contributed by atoms with Crippen molar-refractivity contribution in [1.82, 2.24) is 0 Å². The molecule has 0 aliphatic carbocycles. The molecule has 0 aliphatic rings. The van der Waals surface area contributed by atoms with Gasteiger partial charge < -0.3 is 8.83 Å². The maximum absolute atomic E-state index is 13.2. The molecular weight excluding hydrogens is 1250 g/mol. The van der Waals surface area contributed by atoms with Crippen molar-refractivity contribution in [2.24, 2.45) is 0 Å². The fraction of sp³-hybridized carbons (Fsp3) is 0. The highest BCUT2D eigenvalue weighted by Gasteiger charge is 2.19. The molecule has 0 fully saturated rings. The van der Waals surface area contributed by atoms with E-state index in [0.717, 1.165) is 79.5 Å². The lowest BCUT2D eigenvalue weighted by molar-refractivity contribution is 0.103. The number of halogens is 3. The van der Waals surface area contributed by atoms with Gasteiger partial charge in [0.25, 0.3) is 0 Å². The minimum absolute atomic E-state index is 0.00568. The van der Waals surface area contributed by atoms with E-state index in [1.54, 1.807) is 0 Å². The van der Waals surface area contributed by atoms with Crippen LogP contribution in [-0.2, 0) is 0 Å². The highest BCUT2D eigenvalue weighted by Crippen LogP contribution is 2.41. The number of ketones is 3. The maximum atomic E-state index is 13.2. The molecule has 0 aliphatic heterocycles. The van der Waals surface area contributed by atoms with Crippen LogP contribution in [0.2, 0.25) is 0 Å². The van der Waals surface area contributed by atoms with Crippen molar-refractivity contribution in [1.29, 1.82) is 0 Å². The summed E-state index contributed by atoms with van der Waals surface area (Å²) >= 11 is 12.2. The van der Waals surface area contributed by atoms with E-state index in [9.17, 15) is 14.4 Å². The predicted octanol–water partition coefficient (Wildman–Crippen LogP) is 22.2. The number of furan rings is 2. The number of hydrogen-bond donors (Lipinski definition) is 0. The second kappa shape index (κ2) is 23.6. The van der Waals surface area contributed by atoms with Gasteiger partial charge in [-0.3, -0.25) is 14.4 Å². The average molecular weight is 1300 g/mol. The Kier molecular flexibility index (Phi) is 15.2. The van der Waals surface area contributed by atoms with Crippen LogP contribution in [0.15, 0.2) is 295 Å². The van der Waals surface area contributed by atoms with Crippen molar-refractivity contribution in [2.75, 3.05) is 0 Å². The van der Waals surface area contributed by atoms with Crippen LogP contribution in [0.5, 0.6) is 0 Å². The fourth-order valence-corrected chi connectivity index (χ4v) is 13.0. The fourth-order valence-electron chi connectivity index (χ4n) is 10.7. The summed E-state index contributed by atoms with van der Waals surface area (Å²) in [5, 5.41) is 6.75. The number of benzene rings is 12. The van der Waals surface area contributed by atoms with Crippen molar-refractivity contribution in [3.63, 3.8) is 0 Å². The molecule has 5 nitrogen and oxygen atoms in total. The third-order valence-electron chi connectivity index (χ3n) is 14.8. The molecule has 0 unspecified atom stereocenters. The van der Waals surface area contributed by atoms with Crippen LogP contribution < -0.4 is 0 Å². The number of hydrogen-bond acceptors (Lipinski definition) is 6. The maximum Gasteiger partial charge on any atom is 0.196 e. The molecular formula is C75H45Br3O5S. The Hall–Kier alpha value is -9.09. The first kappa shape index (κ1) is 54.2. The molecule has 84 heavy (non-hydrogen) atoms. The van der Waals surface area contributed by atoms with Gasteiger partial charge in [-0.15, -0.1) is 11.3 Å². The van der Waals surface area contributed by atoms with Crippen molar-refractivity contribution < 1.29 is 23.2 Å². The van der Waals surface area contributed by atoms with Crippen LogP contribution in [0.1, 0.15) is 47.8 Å². The third kappa shape index (κ3) is 10.9. The zero-order valence-corrected chi connectivity index (χ0v) is 50.1. The van der Waals surface area contributed by atoms with Crippen LogP contribution in [0.4, 0.5) is 0 Å². The molecule has 402 valence electrons. The van der Waals surface area contributed by atoms with E-state index >= 15 is 0 Å². The third-order valence-corrected chi connectivity index (χ3v) is 17.6. The van der Waals surface area contributed by atoms with Gasteiger partial charge in [0.2, 0.25) is 0 Å². The van der Waals surface area contributed by atoms with Gasteiger partial charge in [-0.05, 0) is 107 Å². The summed E-state index contributed by atoms with van der Waals surface area (Å²) in [5.41, 5.74) is 13.6. The number of rotatable bonds is 9. The summed E-state index contributed by atoms with van der Waals surface area (Å²) in [4.78, 5) is 38.8. The highest BCUT2D eigenvalue weighted by molar-refractivity contribution is 9.11. The Morgan fingerprint density at radius 1 is 0.298 bits per heavy atom. The number of thiophene rings is 1. The smallest absolute Gasteiger partial charge is 0.196 e. The molecule has 0 bridgehead atoms. The summed E-state index contributed by atoms with van der Waals surface area (Å²) in [6.07, 6.45) is 0. The number of fused-ring (bicyclic) bond motifs is 9. The zero-order valence-electron chi connectivity index (χ0n) is 44.6. The average Bonchev–Trinajstić information content (AvgIpc) is 3.52. The molecule has 0 saturated carbocycles. The minimum Gasteiger partial charge on any atom is -0.455 e. The van der Waals surface area contributed by atoms with E-state index in [-0.39, 0.29) is 17.3 Å². The van der Waals surface area contributed by atoms with Gasteiger partial charge in [0.1, 0.15) is 22.3 Å². The Balaban J connectivity index is 0.000000118. The molecule has 15 rings (SSSR count). The van der Waals surface area contributed by atoms with E-state index in [2.05, 4.69) is 115 Å². The highest BCUT2D eigenvalue weighted by atomic mass is 79.9. The molecule has 0 saturated heterocycles. The largest absolute Gasteiger partial charge is 0.455 e. The Morgan fingerprint density at radius 2 is 0.774 bits per heavy atom. The molecule has 0 N–H and O–H groups in total. The van der Waals surface area contributed by atoms with E-state index in [1.807, 2.05) is 218 Å². The monoisotopic (exact) mass is 1290 g/mol. The number of carbonyl (C=O) groups is 3. The van der Waals surface area contributed by atoms with Gasteiger partial charge in [0.05, 0.1) is 5.56 Å². The van der Waals surface area contributed by atoms with Gasteiger partial charge in [-0.1, -0.05) is 242 Å². The van der Waals surface area contributed by atoms with Gasteiger partial charge in [0, 0.05) is 88.5 Å². The molecule has 0 amide bonds. The van der Waals surface area contributed by atoms with Crippen molar-refractivity contribution >= 4 is 141 Å². The first-order chi connectivity index (χ1) is 41.1. The number of carbonyl (C=O) groups excluding carboxylic acids is 3. The summed E-state index contributed by atoms with van der Waals surface area (Å²) in [6, 6.07) is 89.1. The molecule has 0 spiro atoms. The second-order valence-electron chi connectivity index (χ2n) is 20.1. The Labute approximate surface area is 512 Å². The Bertz CT molecular complexity index is 5000. The Morgan fingerprint density at radius 3 is 1.44 bits per heavy atom. The predicted molar refractivity (Wildman–Crippen MR) is 356 cm³/mol. The minimum atomic E-state index is -0.0366. The molecule has 0 radical (unpaired) electrons.